The number of anilines is 1. The van der Waals surface area contributed by atoms with Crippen molar-refractivity contribution in [1.82, 2.24) is 0 Å². The first-order valence-corrected chi connectivity index (χ1v) is 6.85. The number of ketones is 1. The molecule has 0 saturated carbocycles. The van der Waals surface area contributed by atoms with E-state index >= 15 is 0 Å². The van der Waals surface area contributed by atoms with Gasteiger partial charge >= 0.3 is 5.97 Å². The molecule has 1 aromatic carbocycles. The van der Waals surface area contributed by atoms with Crippen molar-refractivity contribution in [1.29, 1.82) is 0 Å². The normalized spacial score (nSPS) is 13.3. The van der Waals surface area contributed by atoms with E-state index in [1.165, 1.54) is 4.90 Å². The van der Waals surface area contributed by atoms with E-state index < -0.39 is 5.97 Å². The molecule has 0 radical (unpaired) electrons. The van der Waals surface area contributed by atoms with Crippen molar-refractivity contribution < 1.29 is 24.2 Å². The summed E-state index contributed by atoms with van der Waals surface area (Å²) in [6.07, 6.45) is -0.301. The molecule has 0 saturated heterocycles. The monoisotopic (exact) mass is 303 g/mol. The molecule has 116 valence electrons. The third-order valence-electron chi connectivity index (χ3n) is 3.22. The fraction of sp³-hybridized carbons (Fsp3) is 0.312. The van der Waals surface area contributed by atoms with Gasteiger partial charge in [0.25, 0.3) is 5.91 Å². The number of ether oxygens (including phenoxy) is 1. The number of hydrogen-bond acceptors (Lipinski definition) is 4. The zero-order valence-corrected chi connectivity index (χ0v) is 12.3. The minimum Gasteiger partial charge on any atom is -0.482 e. The Hall–Kier alpha value is -2.63. The van der Waals surface area contributed by atoms with Gasteiger partial charge in [0.1, 0.15) is 5.75 Å². The number of benzene rings is 1. The highest BCUT2D eigenvalue weighted by atomic mass is 16.5. The standard InChI is InChI=1S/C16H17NO5/c1-10(2)8-17-12-7-11(13(18)4-6-16(20)21)3-5-14(12)22-9-15(17)19/h3,5,7H,1,4,6,8-9H2,2H3,(H,20,21). The van der Waals surface area contributed by atoms with Crippen molar-refractivity contribution in [2.45, 2.75) is 19.8 Å². The Morgan fingerprint density at radius 2 is 2.09 bits per heavy atom. The third-order valence-corrected chi connectivity index (χ3v) is 3.22. The van der Waals surface area contributed by atoms with Crippen LogP contribution in [0.4, 0.5) is 5.69 Å². The maximum absolute atomic E-state index is 12.0. The summed E-state index contributed by atoms with van der Waals surface area (Å²) >= 11 is 0. The van der Waals surface area contributed by atoms with Gasteiger partial charge in [-0.1, -0.05) is 12.2 Å². The minimum absolute atomic E-state index is 0.0490. The molecule has 1 amide bonds. The number of nitrogens with zero attached hydrogens (tertiary/aromatic N) is 1. The molecule has 6 nitrogen and oxygen atoms in total. The predicted octanol–water partition coefficient (Wildman–Crippen LogP) is 2.04. The molecule has 0 fully saturated rings. The Balaban J connectivity index is 2.29. The van der Waals surface area contributed by atoms with E-state index in [-0.39, 0.29) is 31.1 Å². The number of hydrogen-bond donors (Lipinski definition) is 1. The maximum atomic E-state index is 12.0. The lowest BCUT2D eigenvalue weighted by molar-refractivity contribution is -0.137. The van der Waals surface area contributed by atoms with Crippen LogP contribution in [0, 0.1) is 0 Å². The minimum atomic E-state index is -1.02. The number of carboxylic acids is 1. The van der Waals surface area contributed by atoms with Crippen LogP contribution in [-0.4, -0.2) is 35.9 Å². The van der Waals surface area contributed by atoms with Gasteiger partial charge in [-0.15, -0.1) is 0 Å². The molecule has 1 aromatic rings. The van der Waals surface area contributed by atoms with Crippen molar-refractivity contribution in [3.8, 4) is 5.75 Å². The van der Waals surface area contributed by atoms with E-state index in [1.807, 2.05) is 6.92 Å². The van der Waals surface area contributed by atoms with Crippen molar-refractivity contribution in [3.05, 3.63) is 35.9 Å². The number of carbonyl (C=O) groups is 3. The smallest absolute Gasteiger partial charge is 0.303 e. The molecular weight excluding hydrogens is 286 g/mol. The summed E-state index contributed by atoms with van der Waals surface area (Å²) in [4.78, 5) is 36.1. The van der Waals surface area contributed by atoms with Gasteiger partial charge in [-0.3, -0.25) is 14.4 Å². The van der Waals surface area contributed by atoms with Crippen molar-refractivity contribution in [2.75, 3.05) is 18.1 Å². The Morgan fingerprint density at radius 3 is 2.73 bits per heavy atom. The Labute approximate surface area is 128 Å². The van der Waals surface area contributed by atoms with Crippen LogP contribution >= 0.6 is 0 Å². The molecule has 1 aliphatic rings. The lowest BCUT2D eigenvalue weighted by Gasteiger charge is -2.29. The van der Waals surface area contributed by atoms with Crippen LogP contribution < -0.4 is 9.64 Å². The number of amides is 1. The fourth-order valence-corrected chi connectivity index (χ4v) is 2.18. The lowest BCUT2D eigenvalue weighted by Crippen LogP contribution is -2.39. The molecule has 1 N–H and O–H groups in total. The molecule has 0 aromatic heterocycles. The van der Waals surface area contributed by atoms with Crippen LogP contribution in [0.5, 0.6) is 5.75 Å². The highest BCUT2D eigenvalue weighted by molar-refractivity contribution is 6.02. The third kappa shape index (κ3) is 3.52. The van der Waals surface area contributed by atoms with Gasteiger partial charge in [-0.2, -0.15) is 0 Å². The van der Waals surface area contributed by atoms with Gasteiger partial charge in [0.15, 0.2) is 12.4 Å². The van der Waals surface area contributed by atoms with Crippen LogP contribution in [0.2, 0.25) is 0 Å². The van der Waals surface area contributed by atoms with E-state index in [9.17, 15) is 14.4 Å². The summed E-state index contributed by atoms with van der Waals surface area (Å²) in [5.74, 6) is -0.978. The SMILES string of the molecule is C=C(C)CN1C(=O)COc2ccc(C(=O)CCC(=O)O)cc21. The molecule has 2 rings (SSSR count). The summed E-state index contributed by atoms with van der Waals surface area (Å²) in [5, 5.41) is 8.64. The molecule has 0 spiro atoms. The van der Waals surface area contributed by atoms with Crippen LogP contribution in [0.1, 0.15) is 30.1 Å². The number of carbonyl (C=O) groups excluding carboxylic acids is 2. The summed E-state index contributed by atoms with van der Waals surface area (Å²) in [5.41, 5.74) is 1.69. The number of rotatable bonds is 6. The summed E-state index contributed by atoms with van der Waals surface area (Å²) in [6.45, 7) is 5.91. The second kappa shape index (κ2) is 6.43. The quantitative estimate of drug-likeness (QED) is 0.642. The predicted molar refractivity (Wildman–Crippen MR) is 80.3 cm³/mol. The molecule has 0 bridgehead atoms. The fourth-order valence-electron chi connectivity index (χ4n) is 2.18. The Morgan fingerprint density at radius 1 is 1.36 bits per heavy atom. The summed E-state index contributed by atoms with van der Waals surface area (Å²) < 4.78 is 5.35. The second-order valence-corrected chi connectivity index (χ2v) is 5.23. The van der Waals surface area contributed by atoms with E-state index in [1.54, 1.807) is 18.2 Å². The summed E-state index contributed by atoms with van der Waals surface area (Å²) in [6, 6.07) is 4.78. The number of carboxylic acid groups (broad SMARTS) is 1. The first-order chi connectivity index (χ1) is 10.4. The van der Waals surface area contributed by atoms with Crippen molar-refractivity contribution >= 4 is 23.3 Å². The molecular formula is C16H17NO5. The van der Waals surface area contributed by atoms with E-state index in [0.717, 1.165) is 5.57 Å². The number of fused-ring (bicyclic) bond motifs is 1. The number of Topliss-reactive ketones (excluding diaryl/α,β-unsaturated/α-hetero) is 1. The zero-order valence-electron chi connectivity index (χ0n) is 12.3. The average molecular weight is 303 g/mol. The van der Waals surface area contributed by atoms with Gasteiger partial charge in [0.2, 0.25) is 0 Å². The Kier molecular flexibility index (Phi) is 4.60. The van der Waals surface area contributed by atoms with Crippen molar-refractivity contribution in [2.24, 2.45) is 0 Å². The van der Waals surface area contributed by atoms with E-state index in [2.05, 4.69) is 6.58 Å². The maximum Gasteiger partial charge on any atom is 0.303 e. The average Bonchev–Trinajstić information content (AvgIpc) is 2.47. The van der Waals surface area contributed by atoms with Gasteiger partial charge in [0, 0.05) is 18.5 Å². The Bertz CT molecular complexity index is 650. The topological polar surface area (TPSA) is 83.9 Å². The second-order valence-electron chi connectivity index (χ2n) is 5.23. The van der Waals surface area contributed by atoms with Crippen molar-refractivity contribution in [3.63, 3.8) is 0 Å². The van der Waals surface area contributed by atoms with Gasteiger partial charge in [-0.05, 0) is 25.1 Å². The lowest BCUT2D eigenvalue weighted by atomic mass is 10.0. The van der Waals surface area contributed by atoms with E-state index in [4.69, 9.17) is 9.84 Å². The molecule has 6 heteroatoms. The molecule has 1 aliphatic heterocycles. The first kappa shape index (κ1) is 15.8. The highest BCUT2D eigenvalue weighted by Gasteiger charge is 2.26. The van der Waals surface area contributed by atoms with E-state index in [0.29, 0.717) is 23.5 Å². The molecule has 22 heavy (non-hydrogen) atoms. The van der Waals surface area contributed by atoms with Crippen LogP contribution in [0.15, 0.2) is 30.4 Å². The van der Waals surface area contributed by atoms with Gasteiger partial charge < -0.3 is 14.7 Å². The number of aliphatic carboxylic acids is 1. The van der Waals surface area contributed by atoms with Crippen LogP contribution in [-0.2, 0) is 9.59 Å². The molecule has 1 heterocycles. The first-order valence-electron chi connectivity index (χ1n) is 6.85. The molecule has 0 aliphatic carbocycles. The van der Waals surface area contributed by atoms with Gasteiger partial charge in [-0.25, -0.2) is 0 Å². The zero-order chi connectivity index (χ0) is 16.3. The summed E-state index contributed by atoms with van der Waals surface area (Å²) in [7, 11) is 0. The molecule has 0 unspecified atom stereocenters. The van der Waals surface area contributed by atoms with Crippen LogP contribution in [0.3, 0.4) is 0 Å². The largest absolute Gasteiger partial charge is 0.482 e. The molecule has 0 atom stereocenters. The van der Waals surface area contributed by atoms with Gasteiger partial charge in [0.05, 0.1) is 12.1 Å². The van der Waals surface area contributed by atoms with Crippen LogP contribution in [0.25, 0.3) is 0 Å². The highest BCUT2D eigenvalue weighted by Crippen LogP contribution is 2.33.